The van der Waals surface area contributed by atoms with Crippen LogP contribution in [0.5, 0.6) is 0 Å². The molecule has 1 rings (SSSR count). The summed E-state index contributed by atoms with van der Waals surface area (Å²) in [6, 6.07) is 3.65. The van der Waals surface area contributed by atoms with Gasteiger partial charge in [0.15, 0.2) is 0 Å². The van der Waals surface area contributed by atoms with Crippen LogP contribution in [0.15, 0.2) is 18.2 Å². The van der Waals surface area contributed by atoms with Gasteiger partial charge in [0.2, 0.25) is 0 Å². The Balaban J connectivity index is 2.64. The van der Waals surface area contributed by atoms with Crippen LogP contribution in [-0.2, 0) is 14.3 Å². The lowest BCUT2D eigenvalue weighted by Crippen LogP contribution is -2.31. The van der Waals surface area contributed by atoms with Gasteiger partial charge in [-0.15, -0.1) is 0 Å². The van der Waals surface area contributed by atoms with Crippen molar-refractivity contribution in [1.82, 2.24) is 0 Å². The van der Waals surface area contributed by atoms with Crippen LogP contribution in [0.25, 0.3) is 0 Å². The smallest absolute Gasteiger partial charge is 0.339 e. The first kappa shape index (κ1) is 22.6. The average molecular weight is 380 g/mol. The van der Waals surface area contributed by atoms with Gasteiger partial charge in [-0.1, -0.05) is 39.0 Å². The molecule has 1 aromatic carbocycles. The molecule has 0 spiro atoms. The zero-order chi connectivity index (χ0) is 20.2. The fourth-order valence-electron chi connectivity index (χ4n) is 2.57. The Kier molecular flexibility index (Phi) is 10.0. The summed E-state index contributed by atoms with van der Waals surface area (Å²) in [5.41, 5.74) is -0.0237. The Morgan fingerprint density at radius 3 is 2.44 bits per heavy atom. The van der Waals surface area contributed by atoms with Gasteiger partial charge in [0.25, 0.3) is 11.6 Å². The molecule has 0 N–H and O–H groups in total. The predicted molar refractivity (Wildman–Crippen MR) is 102 cm³/mol. The van der Waals surface area contributed by atoms with Gasteiger partial charge in [-0.2, -0.15) is 0 Å². The molecule has 0 radical (unpaired) electrons. The van der Waals surface area contributed by atoms with Crippen molar-refractivity contribution >= 4 is 23.3 Å². The van der Waals surface area contributed by atoms with Crippen LogP contribution in [0.4, 0.5) is 11.4 Å². The van der Waals surface area contributed by atoms with E-state index in [1.165, 1.54) is 56.5 Å². The average Bonchev–Trinajstić information content (AvgIpc) is 2.68. The maximum absolute atomic E-state index is 12.3. The molecule has 0 bridgehead atoms. The minimum Gasteiger partial charge on any atom is -0.465 e. The third-order valence-corrected chi connectivity index (χ3v) is 4.20. The largest absolute Gasteiger partial charge is 0.465 e. The number of nitrogens with zero attached hydrogens (tertiary/aromatic N) is 2. The summed E-state index contributed by atoms with van der Waals surface area (Å²) in [4.78, 5) is 35.8. The first-order chi connectivity index (χ1) is 12.9. The fourth-order valence-corrected chi connectivity index (χ4v) is 2.57. The molecule has 0 aliphatic rings. The second-order valence-corrected chi connectivity index (χ2v) is 6.22. The van der Waals surface area contributed by atoms with E-state index in [2.05, 4.69) is 11.7 Å². The summed E-state index contributed by atoms with van der Waals surface area (Å²) in [6.07, 6.45) is 6.73. The fraction of sp³-hybridized carbons (Fsp3) is 0.579. The minimum atomic E-state index is -0.674. The van der Waals surface area contributed by atoms with Crippen LogP contribution in [0.1, 0.15) is 55.8 Å². The zero-order valence-corrected chi connectivity index (χ0v) is 16.2. The zero-order valence-electron chi connectivity index (χ0n) is 16.2. The number of unbranched alkanes of at least 4 members (excludes halogenated alkanes) is 5. The SMILES string of the molecule is CCCCCCCCOCC(=O)N(C)c1cc([N+](=O)[O-])ccc1C(=O)OC. The number of non-ortho nitro benzene ring substituents is 1. The maximum atomic E-state index is 12.3. The number of esters is 1. The lowest BCUT2D eigenvalue weighted by molar-refractivity contribution is -0.384. The topological polar surface area (TPSA) is 99.0 Å². The van der Waals surface area contributed by atoms with Crippen LogP contribution in [0.3, 0.4) is 0 Å². The number of hydrogen-bond acceptors (Lipinski definition) is 6. The lowest BCUT2D eigenvalue weighted by Gasteiger charge is -2.19. The summed E-state index contributed by atoms with van der Waals surface area (Å²) >= 11 is 0. The Labute approximate surface area is 159 Å². The van der Waals surface area contributed by atoms with E-state index in [1.807, 2.05) is 0 Å². The van der Waals surface area contributed by atoms with Gasteiger partial charge in [0, 0.05) is 25.8 Å². The molecule has 0 aliphatic carbocycles. The highest BCUT2D eigenvalue weighted by Crippen LogP contribution is 2.26. The van der Waals surface area contributed by atoms with E-state index in [0.717, 1.165) is 19.3 Å². The van der Waals surface area contributed by atoms with Gasteiger partial charge in [-0.25, -0.2) is 4.79 Å². The van der Waals surface area contributed by atoms with Crippen molar-refractivity contribution in [2.24, 2.45) is 0 Å². The van der Waals surface area contributed by atoms with Gasteiger partial charge < -0.3 is 14.4 Å². The molecule has 1 aromatic rings. The molecule has 0 saturated carbocycles. The molecule has 0 unspecified atom stereocenters. The van der Waals surface area contributed by atoms with Crippen molar-refractivity contribution < 1.29 is 24.0 Å². The Hall–Kier alpha value is -2.48. The highest BCUT2D eigenvalue weighted by Gasteiger charge is 2.22. The molecule has 0 atom stereocenters. The number of carbonyl (C=O) groups excluding carboxylic acids is 2. The Morgan fingerprint density at radius 2 is 1.81 bits per heavy atom. The van der Waals surface area contributed by atoms with Crippen LogP contribution in [0.2, 0.25) is 0 Å². The summed E-state index contributed by atoms with van der Waals surface area (Å²) in [6.45, 7) is 2.48. The predicted octanol–water partition coefficient (Wildman–Crippen LogP) is 3.72. The number of nitro benzene ring substituents is 1. The molecule has 8 heteroatoms. The first-order valence-corrected chi connectivity index (χ1v) is 9.13. The highest BCUT2D eigenvalue weighted by atomic mass is 16.6. The number of likely N-dealkylation sites (N-methyl/N-ethyl adjacent to an activating group) is 1. The normalized spacial score (nSPS) is 10.5. The van der Waals surface area contributed by atoms with E-state index in [0.29, 0.717) is 6.61 Å². The van der Waals surface area contributed by atoms with E-state index < -0.39 is 16.8 Å². The summed E-state index contributed by atoms with van der Waals surface area (Å²) in [7, 11) is 2.65. The number of rotatable bonds is 12. The number of hydrogen-bond donors (Lipinski definition) is 0. The van der Waals surface area contributed by atoms with Crippen molar-refractivity contribution in [1.29, 1.82) is 0 Å². The molecular weight excluding hydrogens is 352 g/mol. The first-order valence-electron chi connectivity index (χ1n) is 9.13. The van der Waals surface area contributed by atoms with E-state index in [4.69, 9.17) is 4.74 Å². The highest BCUT2D eigenvalue weighted by molar-refractivity contribution is 6.03. The van der Waals surface area contributed by atoms with Gasteiger partial charge in [0.1, 0.15) is 6.61 Å². The Morgan fingerprint density at radius 1 is 1.15 bits per heavy atom. The third kappa shape index (κ3) is 7.34. The molecule has 8 nitrogen and oxygen atoms in total. The van der Waals surface area contributed by atoms with Crippen molar-refractivity contribution in [3.05, 3.63) is 33.9 Å². The van der Waals surface area contributed by atoms with E-state index >= 15 is 0 Å². The van der Waals surface area contributed by atoms with Gasteiger partial charge >= 0.3 is 5.97 Å². The number of benzene rings is 1. The summed E-state index contributed by atoms with van der Waals surface area (Å²) < 4.78 is 10.1. The van der Waals surface area contributed by atoms with Crippen LogP contribution < -0.4 is 4.90 Å². The standard InChI is InChI=1S/C19H28N2O6/c1-4-5-6-7-8-9-12-27-14-18(22)20(2)17-13-15(21(24)25)10-11-16(17)19(23)26-3/h10-11,13H,4-9,12,14H2,1-3H3. The van der Waals surface area contributed by atoms with Crippen molar-refractivity contribution in [3.8, 4) is 0 Å². The number of nitro groups is 1. The maximum Gasteiger partial charge on any atom is 0.339 e. The molecule has 27 heavy (non-hydrogen) atoms. The second kappa shape index (κ2) is 12.0. The molecular formula is C19H28N2O6. The third-order valence-electron chi connectivity index (χ3n) is 4.20. The van der Waals surface area contributed by atoms with Crippen molar-refractivity contribution in [3.63, 3.8) is 0 Å². The number of methoxy groups -OCH3 is 1. The van der Waals surface area contributed by atoms with Gasteiger partial charge in [-0.05, 0) is 12.5 Å². The molecule has 0 fully saturated rings. The molecule has 0 heterocycles. The van der Waals surface area contributed by atoms with Crippen molar-refractivity contribution in [2.75, 3.05) is 32.3 Å². The summed E-state index contributed by atoms with van der Waals surface area (Å²) in [5.74, 6) is -1.07. The monoisotopic (exact) mass is 380 g/mol. The Bertz CT molecular complexity index is 647. The van der Waals surface area contributed by atoms with E-state index in [1.54, 1.807) is 0 Å². The summed E-state index contributed by atoms with van der Waals surface area (Å²) in [5, 5.41) is 11.0. The van der Waals surface area contributed by atoms with Crippen LogP contribution >= 0.6 is 0 Å². The number of carbonyl (C=O) groups is 2. The van der Waals surface area contributed by atoms with Gasteiger partial charge in [0.05, 0.1) is 23.3 Å². The van der Waals surface area contributed by atoms with Crippen molar-refractivity contribution in [2.45, 2.75) is 45.4 Å². The number of anilines is 1. The van der Waals surface area contributed by atoms with Crippen LogP contribution in [0, 0.1) is 10.1 Å². The number of ether oxygens (including phenoxy) is 2. The van der Waals surface area contributed by atoms with Gasteiger partial charge in [-0.3, -0.25) is 14.9 Å². The van der Waals surface area contributed by atoms with E-state index in [9.17, 15) is 19.7 Å². The lowest BCUT2D eigenvalue weighted by atomic mass is 10.1. The molecule has 0 aliphatic heterocycles. The molecule has 0 aromatic heterocycles. The molecule has 1 amide bonds. The number of amides is 1. The minimum absolute atomic E-state index is 0.0786. The quantitative estimate of drug-likeness (QED) is 0.237. The molecule has 0 saturated heterocycles. The molecule has 150 valence electrons. The van der Waals surface area contributed by atoms with Crippen LogP contribution in [-0.4, -0.2) is 44.2 Å². The van der Waals surface area contributed by atoms with E-state index in [-0.39, 0.29) is 23.5 Å². The second-order valence-electron chi connectivity index (χ2n) is 6.22.